The molecular formula is C22H22N4O2. The van der Waals surface area contributed by atoms with Crippen LogP contribution in [0.4, 0.5) is 11.5 Å². The molecule has 0 radical (unpaired) electrons. The monoisotopic (exact) mass is 374 g/mol. The van der Waals surface area contributed by atoms with Gasteiger partial charge in [0.15, 0.2) is 0 Å². The van der Waals surface area contributed by atoms with Gasteiger partial charge in [-0.05, 0) is 62.1 Å². The Labute approximate surface area is 164 Å². The standard InChI is InChI=1S/C22H22N4O2/c1-14-9-10-23-21(11-14)28-19-12-18(5-3-15(19)2)26-22(27)16-4-8-20(24-13-16)25-17-6-7-17/h3-5,8-13,17H,6-7H2,1-2H3,(H,24,25)(H,26,27). The van der Waals surface area contributed by atoms with Crippen molar-refractivity contribution in [2.75, 3.05) is 10.6 Å². The number of hydrogen-bond donors (Lipinski definition) is 2. The number of nitrogens with one attached hydrogen (secondary N) is 2. The summed E-state index contributed by atoms with van der Waals surface area (Å²) in [6.45, 7) is 3.93. The second-order valence-corrected chi connectivity index (χ2v) is 7.06. The number of amides is 1. The average molecular weight is 374 g/mol. The molecule has 2 aromatic heterocycles. The minimum absolute atomic E-state index is 0.214. The van der Waals surface area contributed by atoms with E-state index >= 15 is 0 Å². The highest BCUT2D eigenvalue weighted by atomic mass is 16.5. The Hall–Kier alpha value is -3.41. The molecular weight excluding hydrogens is 352 g/mol. The van der Waals surface area contributed by atoms with Crippen molar-refractivity contribution in [2.24, 2.45) is 0 Å². The number of anilines is 2. The lowest BCUT2D eigenvalue weighted by Crippen LogP contribution is -2.13. The van der Waals surface area contributed by atoms with Gasteiger partial charge in [-0.25, -0.2) is 9.97 Å². The highest BCUT2D eigenvalue weighted by Gasteiger charge is 2.21. The molecule has 1 aliphatic carbocycles. The highest BCUT2D eigenvalue weighted by molar-refractivity contribution is 6.04. The number of aromatic nitrogens is 2. The van der Waals surface area contributed by atoms with Crippen molar-refractivity contribution in [1.82, 2.24) is 9.97 Å². The second kappa shape index (κ2) is 7.68. The van der Waals surface area contributed by atoms with Gasteiger partial charge in [0, 0.05) is 36.3 Å². The number of benzene rings is 1. The Morgan fingerprint density at radius 2 is 1.93 bits per heavy atom. The number of pyridine rings is 2. The molecule has 2 N–H and O–H groups in total. The third-order valence-corrected chi connectivity index (χ3v) is 4.51. The van der Waals surface area contributed by atoms with Crippen LogP contribution in [0.15, 0.2) is 54.9 Å². The predicted octanol–water partition coefficient (Wildman–Crippen LogP) is 4.71. The molecule has 28 heavy (non-hydrogen) atoms. The molecule has 3 aromatic rings. The SMILES string of the molecule is Cc1ccnc(Oc2cc(NC(=O)c3ccc(NC4CC4)nc3)ccc2C)c1. The van der Waals surface area contributed by atoms with Gasteiger partial charge in [0.2, 0.25) is 5.88 Å². The Bertz CT molecular complexity index is 998. The Kier molecular flexibility index (Phi) is 4.93. The molecule has 1 aliphatic rings. The molecule has 1 amide bonds. The number of rotatable bonds is 6. The average Bonchev–Trinajstić information content (AvgIpc) is 3.49. The van der Waals surface area contributed by atoms with Crippen molar-refractivity contribution in [3.05, 3.63) is 71.5 Å². The van der Waals surface area contributed by atoms with Crippen LogP contribution in [0.2, 0.25) is 0 Å². The largest absolute Gasteiger partial charge is 0.439 e. The van der Waals surface area contributed by atoms with Crippen LogP contribution in [0.5, 0.6) is 11.6 Å². The lowest BCUT2D eigenvalue weighted by molar-refractivity contribution is 0.102. The number of nitrogens with zero attached hydrogens (tertiary/aromatic N) is 2. The van der Waals surface area contributed by atoms with Crippen molar-refractivity contribution in [3.63, 3.8) is 0 Å². The van der Waals surface area contributed by atoms with Gasteiger partial charge in [-0.15, -0.1) is 0 Å². The lowest BCUT2D eigenvalue weighted by Gasteiger charge is -2.11. The lowest BCUT2D eigenvalue weighted by atomic mass is 10.2. The van der Waals surface area contributed by atoms with E-state index in [2.05, 4.69) is 20.6 Å². The smallest absolute Gasteiger partial charge is 0.257 e. The first-order valence-corrected chi connectivity index (χ1v) is 9.32. The topological polar surface area (TPSA) is 76.1 Å². The van der Waals surface area contributed by atoms with Gasteiger partial charge in [-0.2, -0.15) is 0 Å². The van der Waals surface area contributed by atoms with Gasteiger partial charge in [0.05, 0.1) is 5.56 Å². The molecule has 1 fully saturated rings. The Morgan fingerprint density at radius 3 is 2.64 bits per heavy atom. The normalized spacial score (nSPS) is 13.1. The zero-order valence-electron chi connectivity index (χ0n) is 15.9. The van der Waals surface area contributed by atoms with Crippen LogP contribution >= 0.6 is 0 Å². The van der Waals surface area contributed by atoms with Crippen LogP contribution in [0, 0.1) is 13.8 Å². The summed E-state index contributed by atoms with van der Waals surface area (Å²) in [5.74, 6) is 1.76. The summed E-state index contributed by atoms with van der Waals surface area (Å²) in [5.41, 5.74) is 3.18. The maximum atomic E-state index is 12.5. The highest BCUT2D eigenvalue weighted by Crippen LogP contribution is 2.28. The fraction of sp³-hybridized carbons (Fsp3) is 0.227. The van der Waals surface area contributed by atoms with E-state index in [-0.39, 0.29) is 5.91 Å². The fourth-order valence-corrected chi connectivity index (χ4v) is 2.72. The van der Waals surface area contributed by atoms with Crippen LogP contribution in [-0.4, -0.2) is 21.9 Å². The molecule has 0 saturated heterocycles. The van der Waals surface area contributed by atoms with Crippen LogP contribution < -0.4 is 15.4 Å². The number of carbonyl (C=O) groups is 1. The van der Waals surface area contributed by atoms with Crippen molar-refractivity contribution < 1.29 is 9.53 Å². The van der Waals surface area contributed by atoms with Crippen molar-refractivity contribution in [3.8, 4) is 11.6 Å². The summed E-state index contributed by atoms with van der Waals surface area (Å²) in [6, 6.07) is 13.5. The number of ether oxygens (including phenoxy) is 1. The molecule has 1 saturated carbocycles. The van der Waals surface area contributed by atoms with E-state index in [9.17, 15) is 4.79 Å². The van der Waals surface area contributed by atoms with E-state index in [1.165, 1.54) is 12.8 Å². The van der Waals surface area contributed by atoms with Gasteiger partial charge >= 0.3 is 0 Å². The molecule has 1 aromatic carbocycles. The van der Waals surface area contributed by atoms with E-state index < -0.39 is 0 Å². The minimum atomic E-state index is -0.214. The molecule has 142 valence electrons. The third kappa shape index (κ3) is 4.46. The molecule has 6 nitrogen and oxygen atoms in total. The van der Waals surface area contributed by atoms with Gasteiger partial charge < -0.3 is 15.4 Å². The number of carbonyl (C=O) groups excluding carboxylic acids is 1. The summed E-state index contributed by atoms with van der Waals surface area (Å²) >= 11 is 0. The van der Waals surface area contributed by atoms with Crippen LogP contribution in [0.1, 0.15) is 34.3 Å². The predicted molar refractivity (Wildman–Crippen MR) is 109 cm³/mol. The summed E-state index contributed by atoms with van der Waals surface area (Å²) in [7, 11) is 0. The second-order valence-electron chi connectivity index (χ2n) is 7.06. The molecule has 0 aliphatic heterocycles. The zero-order chi connectivity index (χ0) is 19.5. The number of aryl methyl sites for hydroxylation is 2. The van der Waals surface area contributed by atoms with Gasteiger partial charge in [0.25, 0.3) is 5.91 Å². The quantitative estimate of drug-likeness (QED) is 0.653. The van der Waals surface area contributed by atoms with E-state index in [1.807, 2.05) is 44.2 Å². The summed E-state index contributed by atoms with van der Waals surface area (Å²) in [4.78, 5) is 21.1. The molecule has 6 heteroatoms. The van der Waals surface area contributed by atoms with Crippen LogP contribution in [0.25, 0.3) is 0 Å². The van der Waals surface area contributed by atoms with E-state index in [4.69, 9.17) is 4.74 Å². The minimum Gasteiger partial charge on any atom is -0.439 e. The Morgan fingerprint density at radius 1 is 1.07 bits per heavy atom. The molecule has 2 heterocycles. The van der Waals surface area contributed by atoms with Gasteiger partial charge in [-0.3, -0.25) is 4.79 Å². The zero-order valence-corrected chi connectivity index (χ0v) is 15.9. The van der Waals surface area contributed by atoms with Crippen LogP contribution in [-0.2, 0) is 0 Å². The van der Waals surface area contributed by atoms with Gasteiger partial charge in [0.1, 0.15) is 11.6 Å². The first kappa shape index (κ1) is 18.0. The van der Waals surface area contributed by atoms with Crippen molar-refractivity contribution in [1.29, 1.82) is 0 Å². The summed E-state index contributed by atoms with van der Waals surface area (Å²) in [6.07, 6.45) is 5.66. The number of hydrogen-bond acceptors (Lipinski definition) is 5. The Balaban J connectivity index is 1.45. The van der Waals surface area contributed by atoms with Crippen molar-refractivity contribution >= 4 is 17.4 Å². The van der Waals surface area contributed by atoms with E-state index in [0.29, 0.717) is 28.9 Å². The summed E-state index contributed by atoms with van der Waals surface area (Å²) < 4.78 is 5.89. The fourth-order valence-electron chi connectivity index (χ4n) is 2.72. The molecule has 4 rings (SSSR count). The van der Waals surface area contributed by atoms with Gasteiger partial charge in [-0.1, -0.05) is 6.07 Å². The van der Waals surface area contributed by atoms with Crippen LogP contribution in [0.3, 0.4) is 0 Å². The first-order valence-electron chi connectivity index (χ1n) is 9.32. The van der Waals surface area contributed by atoms with Crippen molar-refractivity contribution in [2.45, 2.75) is 32.7 Å². The molecule has 0 unspecified atom stereocenters. The maximum absolute atomic E-state index is 12.5. The molecule has 0 atom stereocenters. The molecule has 0 spiro atoms. The first-order chi connectivity index (χ1) is 13.6. The summed E-state index contributed by atoms with van der Waals surface area (Å²) in [5, 5.41) is 6.20. The molecule has 0 bridgehead atoms. The van der Waals surface area contributed by atoms with E-state index in [0.717, 1.165) is 16.9 Å². The van der Waals surface area contributed by atoms with E-state index in [1.54, 1.807) is 24.5 Å². The maximum Gasteiger partial charge on any atom is 0.257 e. The third-order valence-electron chi connectivity index (χ3n) is 4.51.